The first kappa shape index (κ1) is 23.3. The Balaban J connectivity index is 1.32. The Morgan fingerprint density at radius 1 is 0.943 bits per heavy atom. The molecule has 2 aliphatic rings. The van der Waals surface area contributed by atoms with Crippen molar-refractivity contribution in [3.05, 3.63) is 60.6 Å². The molecule has 0 atom stereocenters. The Morgan fingerprint density at radius 3 is 2.46 bits per heavy atom. The summed E-state index contributed by atoms with van der Waals surface area (Å²) in [7, 11) is 0. The van der Waals surface area contributed by atoms with Crippen molar-refractivity contribution in [2.75, 3.05) is 76.0 Å². The van der Waals surface area contributed by atoms with Crippen LogP contribution in [0, 0.1) is 0 Å². The van der Waals surface area contributed by atoms with Gasteiger partial charge < -0.3 is 29.0 Å². The molecule has 2 saturated heterocycles. The smallest absolute Gasteiger partial charge is 0.274 e. The van der Waals surface area contributed by atoms with Gasteiger partial charge in [0, 0.05) is 62.6 Å². The van der Waals surface area contributed by atoms with E-state index >= 15 is 0 Å². The second-order valence-corrected chi connectivity index (χ2v) is 8.39. The van der Waals surface area contributed by atoms with Gasteiger partial charge in [-0.05, 0) is 30.3 Å². The lowest BCUT2D eigenvalue weighted by atomic mass is 10.2. The topological polar surface area (TPSA) is 94.0 Å². The van der Waals surface area contributed by atoms with E-state index in [1.54, 1.807) is 6.07 Å². The SMILES string of the molecule is O=C(Nc1cccc(-n2cccc2)c1)c1cc(OCCN2CCOCC2)nc(N2CCOCC2)n1. The van der Waals surface area contributed by atoms with Gasteiger partial charge in [0.1, 0.15) is 12.3 Å². The Bertz CT molecular complexity index is 1110. The molecule has 1 amide bonds. The molecule has 35 heavy (non-hydrogen) atoms. The van der Waals surface area contributed by atoms with Crippen LogP contribution in [0.1, 0.15) is 10.5 Å². The first-order valence-corrected chi connectivity index (χ1v) is 11.9. The van der Waals surface area contributed by atoms with Gasteiger partial charge in [-0.2, -0.15) is 4.98 Å². The molecule has 3 aromatic rings. The number of nitrogens with one attached hydrogen (secondary N) is 1. The van der Waals surface area contributed by atoms with Crippen LogP contribution in [0.25, 0.3) is 5.69 Å². The van der Waals surface area contributed by atoms with Gasteiger partial charge in [-0.25, -0.2) is 4.98 Å². The quantitative estimate of drug-likeness (QED) is 0.526. The van der Waals surface area contributed by atoms with Gasteiger partial charge in [0.15, 0.2) is 0 Å². The van der Waals surface area contributed by atoms with E-state index in [1.165, 1.54) is 0 Å². The molecule has 2 aliphatic heterocycles. The molecule has 0 spiro atoms. The normalized spacial score (nSPS) is 16.7. The summed E-state index contributed by atoms with van der Waals surface area (Å²) in [4.78, 5) is 26.6. The number of benzene rings is 1. The summed E-state index contributed by atoms with van der Waals surface area (Å²) in [6.45, 7) is 7.03. The molecule has 1 N–H and O–H groups in total. The van der Waals surface area contributed by atoms with Crippen LogP contribution in [0.4, 0.5) is 11.6 Å². The number of hydrogen-bond donors (Lipinski definition) is 1. The lowest BCUT2D eigenvalue weighted by molar-refractivity contribution is 0.0320. The summed E-state index contributed by atoms with van der Waals surface area (Å²) in [5.74, 6) is 0.550. The molecule has 0 bridgehead atoms. The zero-order valence-corrected chi connectivity index (χ0v) is 19.6. The van der Waals surface area contributed by atoms with Crippen molar-refractivity contribution >= 4 is 17.5 Å². The van der Waals surface area contributed by atoms with Gasteiger partial charge in [0.25, 0.3) is 5.91 Å². The highest BCUT2D eigenvalue weighted by Gasteiger charge is 2.20. The van der Waals surface area contributed by atoms with Crippen molar-refractivity contribution in [3.63, 3.8) is 0 Å². The van der Waals surface area contributed by atoms with Crippen molar-refractivity contribution in [2.45, 2.75) is 0 Å². The molecule has 4 heterocycles. The molecule has 2 aromatic heterocycles. The van der Waals surface area contributed by atoms with Crippen molar-refractivity contribution in [2.24, 2.45) is 0 Å². The van der Waals surface area contributed by atoms with Gasteiger partial charge in [0.05, 0.1) is 26.4 Å². The largest absolute Gasteiger partial charge is 0.476 e. The third kappa shape index (κ3) is 6.16. The van der Waals surface area contributed by atoms with E-state index in [0.717, 1.165) is 38.5 Å². The molecule has 0 unspecified atom stereocenters. The van der Waals surface area contributed by atoms with Crippen LogP contribution >= 0.6 is 0 Å². The highest BCUT2D eigenvalue weighted by atomic mass is 16.5. The fraction of sp³-hybridized carbons (Fsp3) is 0.400. The van der Waals surface area contributed by atoms with Crippen molar-refractivity contribution in [1.29, 1.82) is 0 Å². The van der Waals surface area contributed by atoms with E-state index in [9.17, 15) is 4.79 Å². The standard InChI is InChI=1S/C25H30N6O4/c32-24(26-20-4-3-5-21(18-20)30-6-1-2-7-30)22-19-23(35-17-10-29-8-13-33-14-9-29)28-25(27-22)31-11-15-34-16-12-31/h1-7,18-19H,8-17H2,(H,26,32). The minimum absolute atomic E-state index is 0.259. The number of aromatic nitrogens is 3. The van der Waals surface area contributed by atoms with E-state index in [1.807, 2.05) is 58.3 Å². The molecule has 184 valence electrons. The molecule has 10 nitrogen and oxygen atoms in total. The number of ether oxygens (including phenoxy) is 3. The van der Waals surface area contributed by atoms with Crippen molar-refractivity contribution in [1.82, 2.24) is 19.4 Å². The van der Waals surface area contributed by atoms with E-state index in [0.29, 0.717) is 50.4 Å². The summed E-state index contributed by atoms with van der Waals surface area (Å²) < 4.78 is 18.8. The molecular weight excluding hydrogens is 448 g/mol. The highest BCUT2D eigenvalue weighted by molar-refractivity contribution is 6.03. The van der Waals surface area contributed by atoms with Crippen LogP contribution < -0.4 is 15.0 Å². The van der Waals surface area contributed by atoms with Crippen molar-refractivity contribution < 1.29 is 19.0 Å². The molecular formula is C25H30N6O4. The summed E-state index contributed by atoms with van der Waals surface area (Å²) in [5.41, 5.74) is 1.90. The number of morpholine rings is 2. The number of carbonyl (C=O) groups is 1. The summed E-state index contributed by atoms with van der Waals surface area (Å²) in [6.07, 6.45) is 3.92. The molecule has 0 saturated carbocycles. The van der Waals surface area contributed by atoms with Crippen LogP contribution in [0.2, 0.25) is 0 Å². The van der Waals surface area contributed by atoms with Gasteiger partial charge in [-0.15, -0.1) is 0 Å². The second kappa shape index (κ2) is 11.3. The van der Waals surface area contributed by atoms with Crippen LogP contribution in [0.5, 0.6) is 5.88 Å². The predicted octanol–water partition coefficient (Wildman–Crippen LogP) is 2.07. The molecule has 5 rings (SSSR count). The maximum atomic E-state index is 13.2. The van der Waals surface area contributed by atoms with Crippen molar-refractivity contribution in [3.8, 4) is 11.6 Å². The minimum atomic E-state index is -0.315. The first-order chi connectivity index (χ1) is 17.2. The van der Waals surface area contributed by atoms with Crippen LogP contribution in [0.3, 0.4) is 0 Å². The fourth-order valence-corrected chi connectivity index (χ4v) is 4.06. The monoisotopic (exact) mass is 478 g/mol. The van der Waals surface area contributed by atoms with Gasteiger partial charge in [0.2, 0.25) is 11.8 Å². The number of nitrogens with zero attached hydrogens (tertiary/aromatic N) is 5. The first-order valence-electron chi connectivity index (χ1n) is 11.9. The number of carbonyl (C=O) groups excluding carboxylic acids is 1. The average molecular weight is 479 g/mol. The zero-order valence-electron chi connectivity index (χ0n) is 19.6. The zero-order chi connectivity index (χ0) is 23.9. The summed E-state index contributed by atoms with van der Waals surface area (Å²) in [6, 6.07) is 13.2. The van der Waals surface area contributed by atoms with Gasteiger partial charge in [-0.3, -0.25) is 9.69 Å². The fourth-order valence-electron chi connectivity index (χ4n) is 4.06. The second-order valence-electron chi connectivity index (χ2n) is 8.39. The lowest BCUT2D eigenvalue weighted by Gasteiger charge is -2.27. The summed E-state index contributed by atoms with van der Waals surface area (Å²) >= 11 is 0. The van der Waals surface area contributed by atoms with E-state index in [2.05, 4.69) is 20.2 Å². The average Bonchev–Trinajstić information content (AvgIpc) is 3.45. The molecule has 0 radical (unpaired) electrons. The Hall–Kier alpha value is -3.47. The third-order valence-electron chi connectivity index (χ3n) is 5.99. The van der Waals surface area contributed by atoms with Gasteiger partial charge >= 0.3 is 0 Å². The Labute approximate surface area is 204 Å². The van der Waals surface area contributed by atoms with Crippen LogP contribution in [0.15, 0.2) is 54.9 Å². The lowest BCUT2D eigenvalue weighted by Crippen LogP contribution is -2.39. The molecule has 0 aliphatic carbocycles. The van der Waals surface area contributed by atoms with E-state index < -0.39 is 0 Å². The van der Waals surface area contributed by atoms with E-state index in [-0.39, 0.29) is 11.6 Å². The molecule has 2 fully saturated rings. The summed E-state index contributed by atoms with van der Waals surface area (Å²) in [5, 5.41) is 2.96. The third-order valence-corrected chi connectivity index (χ3v) is 5.99. The van der Waals surface area contributed by atoms with Crippen LogP contribution in [-0.2, 0) is 9.47 Å². The molecule has 1 aromatic carbocycles. The van der Waals surface area contributed by atoms with Gasteiger partial charge in [-0.1, -0.05) is 6.07 Å². The Kier molecular flexibility index (Phi) is 7.52. The number of anilines is 2. The molecule has 10 heteroatoms. The Morgan fingerprint density at radius 2 is 1.69 bits per heavy atom. The number of hydrogen-bond acceptors (Lipinski definition) is 8. The number of rotatable bonds is 8. The predicted molar refractivity (Wildman–Crippen MR) is 132 cm³/mol. The van der Waals surface area contributed by atoms with E-state index in [4.69, 9.17) is 14.2 Å². The maximum Gasteiger partial charge on any atom is 0.274 e. The maximum absolute atomic E-state index is 13.2. The minimum Gasteiger partial charge on any atom is -0.476 e. The number of amides is 1. The highest BCUT2D eigenvalue weighted by Crippen LogP contribution is 2.20. The van der Waals surface area contributed by atoms with Crippen LogP contribution in [-0.4, -0.2) is 91.1 Å².